The lowest BCUT2D eigenvalue weighted by molar-refractivity contribution is -0.124. The summed E-state index contributed by atoms with van der Waals surface area (Å²) in [6.45, 7) is 4.74. The van der Waals surface area contributed by atoms with Crippen molar-refractivity contribution < 1.29 is 9.53 Å². The van der Waals surface area contributed by atoms with Gasteiger partial charge in [-0.25, -0.2) is 0 Å². The van der Waals surface area contributed by atoms with E-state index in [1.54, 1.807) is 0 Å². The molecule has 1 amide bonds. The number of rotatable bonds is 2. The molecule has 2 rings (SSSR count). The van der Waals surface area contributed by atoms with Crippen LogP contribution in [0.5, 0.6) is 0 Å². The standard InChI is InChI=1S/C13H17NO2/c1-9-5-6-11(10(2)8-9)14-13(15)12-4-3-7-16-12/h5-6,8,12H,3-4,7H2,1-2H3,(H,14,15)/t12-/m1/s1. The lowest BCUT2D eigenvalue weighted by atomic mass is 10.1. The minimum absolute atomic E-state index is 0.0237. The van der Waals surface area contributed by atoms with Gasteiger partial charge in [0.15, 0.2) is 0 Å². The molecule has 0 aliphatic carbocycles. The van der Waals surface area contributed by atoms with Crippen LogP contribution in [-0.4, -0.2) is 18.6 Å². The van der Waals surface area contributed by atoms with E-state index in [1.165, 1.54) is 5.56 Å². The fourth-order valence-corrected chi connectivity index (χ4v) is 1.95. The molecule has 3 nitrogen and oxygen atoms in total. The Labute approximate surface area is 95.8 Å². The molecule has 1 heterocycles. The zero-order valence-electron chi connectivity index (χ0n) is 9.75. The van der Waals surface area contributed by atoms with Gasteiger partial charge in [0.2, 0.25) is 0 Å². The first kappa shape index (κ1) is 11.1. The molecule has 16 heavy (non-hydrogen) atoms. The Hall–Kier alpha value is -1.35. The van der Waals surface area contributed by atoms with E-state index in [9.17, 15) is 4.79 Å². The van der Waals surface area contributed by atoms with Gasteiger partial charge >= 0.3 is 0 Å². The third-order valence-electron chi connectivity index (χ3n) is 2.86. The third kappa shape index (κ3) is 2.42. The molecule has 1 atom stereocenters. The quantitative estimate of drug-likeness (QED) is 0.829. The van der Waals surface area contributed by atoms with Crippen molar-refractivity contribution in [1.29, 1.82) is 0 Å². The van der Waals surface area contributed by atoms with E-state index in [0.29, 0.717) is 6.61 Å². The van der Waals surface area contributed by atoms with Gasteiger partial charge in [-0.3, -0.25) is 4.79 Å². The van der Waals surface area contributed by atoms with E-state index in [2.05, 4.69) is 11.4 Å². The van der Waals surface area contributed by atoms with Crippen molar-refractivity contribution in [3.63, 3.8) is 0 Å². The van der Waals surface area contributed by atoms with E-state index in [0.717, 1.165) is 24.1 Å². The number of benzene rings is 1. The van der Waals surface area contributed by atoms with E-state index in [-0.39, 0.29) is 12.0 Å². The van der Waals surface area contributed by atoms with Crippen LogP contribution >= 0.6 is 0 Å². The molecule has 3 heteroatoms. The second kappa shape index (κ2) is 4.66. The van der Waals surface area contributed by atoms with Crippen LogP contribution in [0.15, 0.2) is 18.2 Å². The number of hydrogen-bond acceptors (Lipinski definition) is 2. The number of ether oxygens (including phenoxy) is 1. The summed E-state index contributed by atoms with van der Waals surface area (Å²) in [6, 6.07) is 6.00. The number of aryl methyl sites for hydroxylation is 2. The normalized spacial score (nSPS) is 19.8. The summed E-state index contributed by atoms with van der Waals surface area (Å²) in [5, 5.41) is 2.92. The number of amides is 1. The van der Waals surface area contributed by atoms with Crippen molar-refractivity contribution in [2.75, 3.05) is 11.9 Å². The fraction of sp³-hybridized carbons (Fsp3) is 0.462. The van der Waals surface area contributed by atoms with Gasteiger partial charge < -0.3 is 10.1 Å². The smallest absolute Gasteiger partial charge is 0.253 e. The monoisotopic (exact) mass is 219 g/mol. The Morgan fingerprint density at radius 2 is 2.25 bits per heavy atom. The highest BCUT2D eigenvalue weighted by molar-refractivity contribution is 5.94. The summed E-state index contributed by atoms with van der Waals surface area (Å²) in [4.78, 5) is 11.8. The lowest BCUT2D eigenvalue weighted by Crippen LogP contribution is -2.27. The number of carbonyl (C=O) groups is 1. The maximum absolute atomic E-state index is 11.8. The van der Waals surface area contributed by atoms with Crippen molar-refractivity contribution in [3.05, 3.63) is 29.3 Å². The van der Waals surface area contributed by atoms with Crippen LogP contribution in [0.3, 0.4) is 0 Å². The average molecular weight is 219 g/mol. The first-order chi connectivity index (χ1) is 7.66. The first-order valence-corrected chi connectivity index (χ1v) is 5.66. The third-order valence-corrected chi connectivity index (χ3v) is 2.86. The molecule has 1 aliphatic rings. The Balaban J connectivity index is 2.05. The highest BCUT2D eigenvalue weighted by atomic mass is 16.5. The maximum Gasteiger partial charge on any atom is 0.253 e. The number of nitrogens with one attached hydrogen (secondary N) is 1. The second-order valence-electron chi connectivity index (χ2n) is 4.31. The number of carbonyl (C=O) groups excluding carboxylic acids is 1. The predicted molar refractivity (Wildman–Crippen MR) is 63.5 cm³/mol. The molecule has 1 aromatic carbocycles. The molecular weight excluding hydrogens is 202 g/mol. The van der Waals surface area contributed by atoms with Crippen LogP contribution in [0.25, 0.3) is 0 Å². The predicted octanol–water partition coefficient (Wildman–Crippen LogP) is 2.42. The first-order valence-electron chi connectivity index (χ1n) is 5.66. The van der Waals surface area contributed by atoms with Crippen LogP contribution in [0, 0.1) is 13.8 Å². The van der Waals surface area contributed by atoms with Gasteiger partial charge in [-0.2, -0.15) is 0 Å². The zero-order chi connectivity index (χ0) is 11.5. The highest BCUT2D eigenvalue weighted by Gasteiger charge is 2.23. The zero-order valence-corrected chi connectivity index (χ0v) is 9.75. The van der Waals surface area contributed by atoms with E-state index >= 15 is 0 Å². The number of hydrogen-bond donors (Lipinski definition) is 1. The van der Waals surface area contributed by atoms with Crippen LogP contribution in [0.1, 0.15) is 24.0 Å². The molecule has 0 unspecified atom stereocenters. The summed E-state index contributed by atoms with van der Waals surface area (Å²) < 4.78 is 5.34. The van der Waals surface area contributed by atoms with E-state index in [1.807, 2.05) is 26.0 Å². The molecule has 1 N–H and O–H groups in total. The summed E-state index contributed by atoms with van der Waals surface area (Å²) in [7, 11) is 0. The van der Waals surface area contributed by atoms with Gasteiger partial charge in [-0.05, 0) is 38.3 Å². The van der Waals surface area contributed by atoms with Crippen molar-refractivity contribution in [2.45, 2.75) is 32.8 Å². The topological polar surface area (TPSA) is 38.3 Å². The Morgan fingerprint density at radius 3 is 2.88 bits per heavy atom. The molecule has 0 saturated carbocycles. The van der Waals surface area contributed by atoms with Gasteiger partial charge in [-0.15, -0.1) is 0 Å². The van der Waals surface area contributed by atoms with Crippen LogP contribution < -0.4 is 5.32 Å². The largest absolute Gasteiger partial charge is 0.368 e. The van der Waals surface area contributed by atoms with Crippen molar-refractivity contribution >= 4 is 11.6 Å². The van der Waals surface area contributed by atoms with Gasteiger partial charge in [-0.1, -0.05) is 17.7 Å². The average Bonchev–Trinajstić information content (AvgIpc) is 2.75. The Morgan fingerprint density at radius 1 is 1.44 bits per heavy atom. The molecule has 1 saturated heterocycles. The summed E-state index contributed by atoms with van der Waals surface area (Å²) >= 11 is 0. The minimum atomic E-state index is -0.263. The molecule has 0 aromatic heterocycles. The molecule has 1 fully saturated rings. The van der Waals surface area contributed by atoms with Crippen molar-refractivity contribution in [3.8, 4) is 0 Å². The summed E-state index contributed by atoms with van der Waals surface area (Å²) in [5.74, 6) is -0.0237. The number of anilines is 1. The van der Waals surface area contributed by atoms with Crippen LogP contribution in [0.4, 0.5) is 5.69 Å². The Bertz CT molecular complexity index is 395. The second-order valence-corrected chi connectivity index (χ2v) is 4.31. The molecule has 1 aromatic rings. The molecular formula is C13H17NO2. The summed E-state index contributed by atoms with van der Waals surface area (Å²) in [6.07, 6.45) is 1.54. The van der Waals surface area contributed by atoms with Gasteiger partial charge in [0, 0.05) is 12.3 Å². The summed E-state index contributed by atoms with van der Waals surface area (Å²) in [5.41, 5.74) is 3.17. The van der Waals surface area contributed by atoms with E-state index < -0.39 is 0 Å². The molecule has 0 spiro atoms. The highest BCUT2D eigenvalue weighted by Crippen LogP contribution is 2.19. The molecule has 0 radical (unpaired) electrons. The molecule has 86 valence electrons. The minimum Gasteiger partial charge on any atom is -0.368 e. The van der Waals surface area contributed by atoms with Gasteiger partial charge in [0.1, 0.15) is 6.10 Å². The fourth-order valence-electron chi connectivity index (χ4n) is 1.95. The van der Waals surface area contributed by atoms with Crippen LogP contribution in [-0.2, 0) is 9.53 Å². The lowest BCUT2D eigenvalue weighted by Gasteiger charge is -2.12. The molecule has 0 bridgehead atoms. The maximum atomic E-state index is 11.8. The van der Waals surface area contributed by atoms with Gasteiger partial charge in [0.05, 0.1) is 0 Å². The van der Waals surface area contributed by atoms with Gasteiger partial charge in [0.25, 0.3) is 5.91 Å². The van der Waals surface area contributed by atoms with Crippen molar-refractivity contribution in [1.82, 2.24) is 0 Å². The van der Waals surface area contributed by atoms with Crippen LogP contribution in [0.2, 0.25) is 0 Å². The van der Waals surface area contributed by atoms with E-state index in [4.69, 9.17) is 4.74 Å². The Kier molecular flexibility index (Phi) is 3.25. The van der Waals surface area contributed by atoms with Crippen molar-refractivity contribution in [2.24, 2.45) is 0 Å². The molecule has 1 aliphatic heterocycles. The SMILES string of the molecule is Cc1ccc(NC(=O)[C@H]2CCCO2)c(C)c1.